The van der Waals surface area contributed by atoms with Gasteiger partial charge in [0.15, 0.2) is 0 Å². The van der Waals surface area contributed by atoms with Gasteiger partial charge in [-0.2, -0.15) is 0 Å². The zero-order valence-electron chi connectivity index (χ0n) is 10.3. The Kier molecular flexibility index (Phi) is 3.07. The Morgan fingerprint density at radius 1 is 1.24 bits per heavy atom. The van der Waals surface area contributed by atoms with Gasteiger partial charge < -0.3 is 10.1 Å². The third-order valence-electron chi connectivity index (χ3n) is 3.71. The number of aryl methyl sites for hydroxylation is 1. The van der Waals surface area contributed by atoms with Crippen molar-refractivity contribution in [3.8, 4) is 0 Å². The number of hydrogen-bond acceptors (Lipinski definition) is 4. The molecule has 2 aliphatic heterocycles. The van der Waals surface area contributed by atoms with Crippen molar-refractivity contribution in [3.63, 3.8) is 0 Å². The van der Waals surface area contributed by atoms with Crippen LogP contribution in [0, 0.1) is 0 Å². The van der Waals surface area contributed by atoms with Crippen LogP contribution in [0.5, 0.6) is 0 Å². The van der Waals surface area contributed by atoms with Crippen LogP contribution in [-0.2, 0) is 24.2 Å². The maximum absolute atomic E-state index is 5.40. The van der Waals surface area contributed by atoms with Gasteiger partial charge in [0.05, 0.1) is 5.69 Å². The molecule has 1 aromatic rings. The van der Waals surface area contributed by atoms with Crippen LogP contribution < -0.4 is 5.32 Å². The molecule has 1 fully saturated rings. The molecule has 0 saturated carbocycles. The second-order valence-corrected chi connectivity index (χ2v) is 4.80. The highest BCUT2D eigenvalue weighted by atomic mass is 16.5. The highest BCUT2D eigenvalue weighted by Gasteiger charge is 2.23. The van der Waals surface area contributed by atoms with Gasteiger partial charge in [-0.1, -0.05) is 6.92 Å². The van der Waals surface area contributed by atoms with E-state index in [1.807, 2.05) is 0 Å². The summed E-state index contributed by atoms with van der Waals surface area (Å²) in [5.41, 5.74) is 3.79. The molecule has 3 heterocycles. The first-order chi connectivity index (χ1) is 8.38. The van der Waals surface area contributed by atoms with Gasteiger partial charge in [-0.15, -0.1) is 0 Å². The molecule has 92 valence electrons. The first-order valence-electron chi connectivity index (χ1n) is 6.55. The minimum atomic E-state index is 0.500. The van der Waals surface area contributed by atoms with E-state index in [0.29, 0.717) is 5.92 Å². The molecule has 0 spiro atoms. The van der Waals surface area contributed by atoms with Crippen LogP contribution in [0.4, 0.5) is 0 Å². The van der Waals surface area contributed by atoms with E-state index in [1.165, 1.54) is 17.0 Å². The lowest BCUT2D eigenvalue weighted by Crippen LogP contribution is -2.18. The summed E-state index contributed by atoms with van der Waals surface area (Å²) in [4.78, 5) is 9.54. The zero-order chi connectivity index (χ0) is 11.7. The smallest absolute Gasteiger partial charge is 0.132 e. The highest BCUT2D eigenvalue weighted by molar-refractivity contribution is 5.30. The highest BCUT2D eigenvalue weighted by Crippen LogP contribution is 2.27. The van der Waals surface area contributed by atoms with Gasteiger partial charge in [0.25, 0.3) is 0 Å². The summed E-state index contributed by atoms with van der Waals surface area (Å²) in [6.07, 6.45) is 3.13. The fourth-order valence-electron chi connectivity index (χ4n) is 2.69. The number of nitrogens with one attached hydrogen (secondary N) is 1. The average Bonchev–Trinajstić information content (AvgIpc) is 2.86. The summed E-state index contributed by atoms with van der Waals surface area (Å²) < 4.78 is 5.40. The van der Waals surface area contributed by atoms with E-state index in [2.05, 4.69) is 12.2 Å². The second-order valence-electron chi connectivity index (χ2n) is 4.80. The number of fused-ring (bicyclic) bond motifs is 1. The van der Waals surface area contributed by atoms with Crippen molar-refractivity contribution in [2.45, 2.75) is 45.2 Å². The number of ether oxygens (including phenoxy) is 1. The minimum Gasteiger partial charge on any atom is -0.381 e. The van der Waals surface area contributed by atoms with Crippen LogP contribution in [0.2, 0.25) is 0 Å². The Bertz CT molecular complexity index is 413. The summed E-state index contributed by atoms with van der Waals surface area (Å²) in [5, 5.41) is 3.37. The largest absolute Gasteiger partial charge is 0.381 e. The van der Waals surface area contributed by atoms with E-state index in [0.717, 1.165) is 51.4 Å². The fraction of sp³-hybridized carbons (Fsp3) is 0.692. The lowest BCUT2D eigenvalue weighted by atomic mass is 9.98. The second kappa shape index (κ2) is 4.70. The lowest BCUT2D eigenvalue weighted by Gasteiger charge is -2.21. The summed E-state index contributed by atoms with van der Waals surface area (Å²) in [6, 6.07) is 0. The number of rotatable bonds is 2. The Morgan fingerprint density at radius 2 is 2.06 bits per heavy atom. The number of nitrogens with zero attached hydrogens (tertiary/aromatic N) is 2. The van der Waals surface area contributed by atoms with Crippen molar-refractivity contribution in [1.29, 1.82) is 0 Å². The molecule has 4 nitrogen and oxygen atoms in total. The molecule has 3 rings (SSSR count). The molecule has 0 aromatic carbocycles. The normalized spacial score (nSPS) is 20.5. The van der Waals surface area contributed by atoms with Crippen molar-refractivity contribution < 1.29 is 4.74 Å². The SMILES string of the molecule is CCc1nc(C2CCOCC2)nc2c1CNC2. The van der Waals surface area contributed by atoms with Crippen LogP contribution in [0.25, 0.3) is 0 Å². The van der Waals surface area contributed by atoms with E-state index < -0.39 is 0 Å². The van der Waals surface area contributed by atoms with Crippen LogP contribution in [-0.4, -0.2) is 23.2 Å². The van der Waals surface area contributed by atoms with Gasteiger partial charge >= 0.3 is 0 Å². The third kappa shape index (κ3) is 2.07. The molecule has 0 unspecified atom stereocenters. The van der Waals surface area contributed by atoms with Gasteiger partial charge in [0.1, 0.15) is 5.82 Å². The minimum absolute atomic E-state index is 0.500. The molecule has 0 aliphatic carbocycles. The maximum atomic E-state index is 5.40. The van der Waals surface area contributed by atoms with Crippen LogP contribution in [0.15, 0.2) is 0 Å². The van der Waals surface area contributed by atoms with Crippen LogP contribution in [0.1, 0.15) is 48.5 Å². The van der Waals surface area contributed by atoms with Crippen LogP contribution >= 0.6 is 0 Å². The first-order valence-corrected chi connectivity index (χ1v) is 6.55. The molecule has 4 heteroatoms. The average molecular weight is 233 g/mol. The van der Waals surface area contributed by atoms with Gasteiger partial charge in [-0.05, 0) is 19.3 Å². The number of aromatic nitrogens is 2. The molecular formula is C13H19N3O. The molecule has 0 radical (unpaired) electrons. The van der Waals surface area contributed by atoms with Crippen molar-refractivity contribution in [3.05, 3.63) is 22.8 Å². The Labute approximate surface area is 102 Å². The standard InChI is InChI=1S/C13H19N3O/c1-2-11-10-7-14-8-12(10)16-13(15-11)9-3-5-17-6-4-9/h9,14H,2-8H2,1H3. The van der Waals surface area contributed by atoms with Crippen LogP contribution in [0.3, 0.4) is 0 Å². The monoisotopic (exact) mass is 233 g/mol. The molecule has 0 atom stereocenters. The number of hydrogen-bond donors (Lipinski definition) is 1. The van der Waals surface area contributed by atoms with E-state index in [4.69, 9.17) is 14.7 Å². The van der Waals surface area contributed by atoms with Crippen molar-refractivity contribution in [2.24, 2.45) is 0 Å². The molecule has 17 heavy (non-hydrogen) atoms. The summed E-state index contributed by atoms with van der Waals surface area (Å²) in [5.74, 6) is 1.55. The fourth-order valence-corrected chi connectivity index (χ4v) is 2.69. The van der Waals surface area contributed by atoms with Gasteiger partial charge in [0.2, 0.25) is 0 Å². The predicted molar refractivity (Wildman–Crippen MR) is 64.7 cm³/mol. The maximum Gasteiger partial charge on any atom is 0.132 e. The Morgan fingerprint density at radius 3 is 2.82 bits per heavy atom. The van der Waals surface area contributed by atoms with E-state index in [9.17, 15) is 0 Å². The quantitative estimate of drug-likeness (QED) is 0.841. The molecule has 0 bridgehead atoms. The van der Waals surface area contributed by atoms with Crippen molar-refractivity contribution in [2.75, 3.05) is 13.2 Å². The zero-order valence-corrected chi connectivity index (χ0v) is 10.3. The van der Waals surface area contributed by atoms with Gasteiger partial charge in [-0.3, -0.25) is 0 Å². The molecular weight excluding hydrogens is 214 g/mol. The predicted octanol–water partition coefficient (Wildman–Crippen LogP) is 1.54. The third-order valence-corrected chi connectivity index (χ3v) is 3.71. The molecule has 1 N–H and O–H groups in total. The van der Waals surface area contributed by atoms with E-state index in [1.54, 1.807) is 0 Å². The Balaban J connectivity index is 1.94. The Hall–Kier alpha value is -1.00. The van der Waals surface area contributed by atoms with Crippen molar-refractivity contribution in [1.82, 2.24) is 15.3 Å². The summed E-state index contributed by atoms with van der Waals surface area (Å²) in [7, 11) is 0. The molecule has 2 aliphatic rings. The molecule has 1 aromatic heterocycles. The first kappa shape index (κ1) is 11.1. The molecule has 1 saturated heterocycles. The van der Waals surface area contributed by atoms with Gasteiger partial charge in [0, 0.05) is 43.5 Å². The van der Waals surface area contributed by atoms with E-state index >= 15 is 0 Å². The van der Waals surface area contributed by atoms with E-state index in [-0.39, 0.29) is 0 Å². The van der Waals surface area contributed by atoms with Crippen molar-refractivity contribution >= 4 is 0 Å². The lowest BCUT2D eigenvalue weighted by molar-refractivity contribution is 0.0835. The molecule has 0 amide bonds. The summed E-state index contributed by atoms with van der Waals surface area (Å²) >= 11 is 0. The topological polar surface area (TPSA) is 47.0 Å². The summed E-state index contributed by atoms with van der Waals surface area (Å²) in [6.45, 7) is 5.72. The van der Waals surface area contributed by atoms with Gasteiger partial charge in [-0.25, -0.2) is 9.97 Å².